The summed E-state index contributed by atoms with van der Waals surface area (Å²) >= 11 is 0. The van der Waals surface area contributed by atoms with Gasteiger partial charge in [0.05, 0.1) is 12.2 Å². The molecule has 6 aliphatic rings. The lowest BCUT2D eigenvalue weighted by Gasteiger charge is -2.23. The summed E-state index contributed by atoms with van der Waals surface area (Å²) in [7, 11) is 3.26. The molecular formula is C26H36O8. The van der Waals surface area contributed by atoms with Crippen LogP contribution in [0, 0.1) is 48.4 Å². The molecular weight excluding hydrogens is 440 g/mol. The van der Waals surface area contributed by atoms with Gasteiger partial charge in [-0.2, -0.15) is 0 Å². The molecule has 6 rings (SSSR count). The lowest BCUT2D eigenvalue weighted by atomic mass is 10.1. The summed E-state index contributed by atoms with van der Waals surface area (Å²) in [5, 5.41) is 0. The van der Waals surface area contributed by atoms with Crippen LogP contribution in [0.25, 0.3) is 0 Å². The minimum atomic E-state index is -0.561. The predicted octanol–water partition coefficient (Wildman–Crippen LogP) is 2.29. The first-order valence-electron chi connectivity index (χ1n) is 12.1. The fraction of sp³-hybridized carbons (Fsp3) is 0.846. The molecule has 0 amide bonds. The van der Waals surface area contributed by atoms with E-state index in [9.17, 15) is 0 Å². The third kappa shape index (κ3) is 4.40. The summed E-state index contributed by atoms with van der Waals surface area (Å²) in [6, 6.07) is 0. The molecule has 4 aliphatic heterocycles. The molecule has 188 valence electrons. The second-order valence-electron chi connectivity index (χ2n) is 10.9. The van der Waals surface area contributed by atoms with E-state index in [1.165, 1.54) is 0 Å². The molecule has 8 nitrogen and oxygen atoms in total. The summed E-state index contributed by atoms with van der Waals surface area (Å²) in [6.07, 6.45) is 11.9. The molecule has 0 spiro atoms. The molecule has 0 radical (unpaired) electrons. The van der Waals surface area contributed by atoms with Crippen molar-refractivity contribution < 1.29 is 37.9 Å². The minimum Gasteiger partial charge on any atom is -0.353 e. The van der Waals surface area contributed by atoms with Gasteiger partial charge in [0.25, 0.3) is 0 Å². The fourth-order valence-electron chi connectivity index (χ4n) is 5.79. The first kappa shape index (κ1) is 24.5. The van der Waals surface area contributed by atoms with Gasteiger partial charge in [0.15, 0.2) is 24.2 Å². The van der Waals surface area contributed by atoms with E-state index in [1.54, 1.807) is 14.2 Å². The summed E-state index contributed by atoms with van der Waals surface area (Å²) in [5.74, 6) is 5.88. The lowest BCUT2D eigenvalue weighted by Crippen LogP contribution is -2.31. The Morgan fingerprint density at radius 2 is 0.971 bits per heavy atom. The Morgan fingerprint density at radius 1 is 0.618 bits per heavy atom. The van der Waals surface area contributed by atoms with Gasteiger partial charge < -0.3 is 37.9 Å². The van der Waals surface area contributed by atoms with E-state index in [2.05, 4.69) is 11.8 Å². The van der Waals surface area contributed by atoms with E-state index in [4.69, 9.17) is 50.7 Å². The van der Waals surface area contributed by atoms with Crippen molar-refractivity contribution in [3.05, 3.63) is 0 Å². The maximum Gasteiger partial charge on any atom is 0.186 e. The van der Waals surface area contributed by atoms with Gasteiger partial charge in [-0.1, -0.05) is 0 Å². The van der Waals surface area contributed by atoms with E-state index in [0.717, 1.165) is 12.8 Å². The molecule has 0 N–H and O–H groups in total. The number of methoxy groups -OCH3 is 2. The lowest BCUT2D eigenvalue weighted by molar-refractivity contribution is -0.229. The minimum absolute atomic E-state index is 0.00720. The van der Waals surface area contributed by atoms with Crippen LogP contribution in [0.3, 0.4) is 0 Å². The number of hydrogen-bond acceptors (Lipinski definition) is 8. The van der Waals surface area contributed by atoms with Crippen molar-refractivity contribution in [3.63, 3.8) is 0 Å². The van der Waals surface area contributed by atoms with E-state index >= 15 is 0 Å². The molecule has 0 unspecified atom stereocenters. The Hall–Kier alpha value is -1.20. The first-order chi connectivity index (χ1) is 16.1. The van der Waals surface area contributed by atoms with Crippen LogP contribution in [0.4, 0.5) is 0 Å². The highest BCUT2D eigenvalue weighted by Crippen LogP contribution is 2.51. The molecule has 8 heteroatoms. The smallest absolute Gasteiger partial charge is 0.186 e. The molecule has 4 saturated heterocycles. The number of ether oxygens (including phenoxy) is 8. The van der Waals surface area contributed by atoms with Crippen LogP contribution < -0.4 is 0 Å². The average Bonchev–Trinajstić information content (AvgIpc) is 3.61. The number of hydrogen-bond donors (Lipinski definition) is 0. The molecule has 0 aromatic carbocycles. The molecule has 6 fully saturated rings. The van der Waals surface area contributed by atoms with Gasteiger partial charge in [-0.15, -0.1) is 24.7 Å². The molecule has 34 heavy (non-hydrogen) atoms. The van der Waals surface area contributed by atoms with Gasteiger partial charge >= 0.3 is 0 Å². The first-order valence-corrected chi connectivity index (χ1v) is 12.1. The zero-order valence-electron chi connectivity index (χ0n) is 20.8. The summed E-state index contributed by atoms with van der Waals surface area (Å²) in [4.78, 5) is 0. The summed E-state index contributed by atoms with van der Waals surface area (Å²) in [6.45, 7) is 7.67. The Bertz CT molecular complexity index is 788. The zero-order valence-corrected chi connectivity index (χ0v) is 20.8. The monoisotopic (exact) mass is 476 g/mol. The van der Waals surface area contributed by atoms with Crippen LogP contribution in [-0.4, -0.2) is 75.0 Å². The van der Waals surface area contributed by atoms with E-state index in [-0.39, 0.29) is 49.2 Å². The van der Waals surface area contributed by atoms with Crippen LogP contribution in [0.2, 0.25) is 0 Å². The molecule has 0 aromatic rings. The summed E-state index contributed by atoms with van der Waals surface area (Å²) in [5.41, 5.74) is 0. The summed E-state index contributed by atoms with van der Waals surface area (Å²) < 4.78 is 45.8. The fourth-order valence-corrected chi connectivity index (χ4v) is 5.79. The third-order valence-electron chi connectivity index (χ3n) is 7.51. The van der Waals surface area contributed by atoms with Crippen molar-refractivity contribution in [2.75, 3.05) is 14.2 Å². The second-order valence-corrected chi connectivity index (χ2v) is 10.9. The van der Waals surface area contributed by atoms with Gasteiger partial charge in [-0.05, 0) is 40.5 Å². The Labute approximate surface area is 202 Å². The third-order valence-corrected chi connectivity index (χ3v) is 7.51. The molecule has 2 saturated carbocycles. The van der Waals surface area contributed by atoms with Gasteiger partial charge in [-0.3, -0.25) is 0 Å². The zero-order chi connectivity index (χ0) is 24.4. The molecule has 0 bridgehead atoms. The van der Waals surface area contributed by atoms with Crippen molar-refractivity contribution in [1.82, 2.24) is 0 Å². The largest absolute Gasteiger partial charge is 0.353 e. The van der Waals surface area contributed by atoms with Crippen LogP contribution in [0.1, 0.15) is 40.5 Å². The highest BCUT2D eigenvalue weighted by Gasteiger charge is 2.62. The van der Waals surface area contributed by atoms with Gasteiger partial charge in [0.2, 0.25) is 0 Å². The highest BCUT2D eigenvalue weighted by molar-refractivity contribution is 5.14. The molecule has 12 atom stereocenters. The predicted molar refractivity (Wildman–Crippen MR) is 120 cm³/mol. The standard InChI is InChI=1S/2C13H18O4/c2*1-5-7-6-8(7)9-10-11(12(14-4)15-9)17-13(2,3)16-10/h2*1,7-12H,6H2,2-4H3/t2*7-,8-,9-,10-,11-,12-/m11/s1. The van der Waals surface area contributed by atoms with E-state index in [0.29, 0.717) is 23.7 Å². The van der Waals surface area contributed by atoms with Gasteiger partial charge in [0.1, 0.15) is 24.4 Å². The molecule has 0 aromatic heterocycles. The Kier molecular flexibility index (Phi) is 6.29. The highest BCUT2D eigenvalue weighted by atomic mass is 16.8. The van der Waals surface area contributed by atoms with Crippen molar-refractivity contribution in [3.8, 4) is 24.7 Å². The average molecular weight is 477 g/mol. The van der Waals surface area contributed by atoms with Crippen molar-refractivity contribution in [1.29, 1.82) is 0 Å². The van der Waals surface area contributed by atoms with Crippen LogP contribution >= 0.6 is 0 Å². The number of fused-ring (bicyclic) bond motifs is 2. The van der Waals surface area contributed by atoms with Crippen LogP contribution in [-0.2, 0) is 37.9 Å². The normalized spacial score (nSPS) is 50.9. The second kappa shape index (κ2) is 8.73. The van der Waals surface area contributed by atoms with Crippen LogP contribution in [0.5, 0.6) is 0 Å². The quantitative estimate of drug-likeness (QED) is 0.573. The number of rotatable bonds is 4. The number of terminal acetylenes is 2. The van der Waals surface area contributed by atoms with Gasteiger partial charge in [0, 0.05) is 37.9 Å². The van der Waals surface area contributed by atoms with Crippen LogP contribution in [0.15, 0.2) is 0 Å². The van der Waals surface area contributed by atoms with Crippen molar-refractivity contribution in [2.45, 2.75) is 101 Å². The van der Waals surface area contributed by atoms with E-state index < -0.39 is 11.6 Å². The van der Waals surface area contributed by atoms with Crippen molar-refractivity contribution in [2.24, 2.45) is 23.7 Å². The molecule has 4 heterocycles. The Balaban J connectivity index is 0.000000142. The van der Waals surface area contributed by atoms with Gasteiger partial charge in [-0.25, -0.2) is 0 Å². The Morgan fingerprint density at radius 3 is 1.26 bits per heavy atom. The maximum atomic E-state index is 5.92. The van der Waals surface area contributed by atoms with E-state index in [1.807, 2.05) is 27.7 Å². The maximum absolute atomic E-state index is 5.92. The topological polar surface area (TPSA) is 73.8 Å². The van der Waals surface area contributed by atoms with Crippen molar-refractivity contribution >= 4 is 0 Å². The SMILES string of the molecule is C#C[C@@H]1C[C@H]1[C@H]1O[C@@H](OC)[C@@H]2OC(C)(C)O[C@H]12.C#C[C@@H]1C[C@H]1[C@H]1O[C@@H](OC)[C@@H]2OC(C)(C)O[C@H]12. The molecule has 2 aliphatic carbocycles.